The zero-order valence-electron chi connectivity index (χ0n) is 8.53. The standard InChI is InChI=1S/C10H11ClN2O2S/c11-8-2-1-7(16-8)3-4-13-5-9(14)12-10(15)6-13/h1-2H,3-6H2,(H,12,14,15). The van der Waals surface area contributed by atoms with E-state index < -0.39 is 0 Å². The summed E-state index contributed by atoms with van der Waals surface area (Å²) in [6.45, 7) is 1.30. The number of hydrogen-bond donors (Lipinski definition) is 1. The molecule has 0 atom stereocenters. The molecule has 0 aliphatic carbocycles. The minimum absolute atomic E-state index is 0.222. The number of carbonyl (C=O) groups is 2. The van der Waals surface area contributed by atoms with E-state index in [-0.39, 0.29) is 11.8 Å². The molecule has 0 unspecified atom stereocenters. The molecule has 0 aromatic carbocycles. The summed E-state index contributed by atoms with van der Waals surface area (Å²) in [6, 6.07) is 3.83. The summed E-state index contributed by atoms with van der Waals surface area (Å²) in [6.07, 6.45) is 0.817. The monoisotopic (exact) mass is 258 g/mol. The zero-order valence-corrected chi connectivity index (χ0v) is 10.1. The number of thiophene rings is 1. The van der Waals surface area contributed by atoms with Crippen LogP contribution in [0.3, 0.4) is 0 Å². The molecule has 1 saturated heterocycles. The van der Waals surface area contributed by atoms with Gasteiger partial charge in [-0.25, -0.2) is 0 Å². The van der Waals surface area contributed by atoms with E-state index >= 15 is 0 Å². The molecule has 86 valence electrons. The highest BCUT2D eigenvalue weighted by Gasteiger charge is 2.21. The molecule has 2 amide bonds. The summed E-state index contributed by atoms with van der Waals surface area (Å²) in [7, 11) is 0. The van der Waals surface area contributed by atoms with Crippen LogP contribution in [0, 0.1) is 0 Å². The van der Waals surface area contributed by atoms with Crippen LogP contribution in [0.2, 0.25) is 4.34 Å². The van der Waals surface area contributed by atoms with Crippen molar-refractivity contribution >= 4 is 34.8 Å². The Morgan fingerprint density at radius 3 is 2.56 bits per heavy atom. The van der Waals surface area contributed by atoms with Crippen LogP contribution in [0.1, 0.15) is 4.88 Å². The molecular formula is C10H11ClN2O2S. The van der Waals surface area contributed by atoms with Crippen molar-refractivity contribution in [3.8, 4) is 0 Å². The predicted molar refractivity (Wildman–Crippen MR) is 62.6 cm³/mol. The number of imide groups is 1. The van der Waals surface area contributed by atoms with Gasteiger partial charge in [0.1, 0.15) is 0 Å². The van der Waals surface area contributed by atoms with Crippen LogP contribution in [0.15, 0.2) is 12.1 Å². The minimum atomic E-state index is -0.222. The summed E-state index contributed by atoms with van der Waals surface area (Å²) < 4.78 is 0.766. The predicted octanol–water partition coefficient (Wildman–Crippen LogP) is 0.902. The number of hydrogen-bond acceptors (Lipinski definition) is 4. The fourth-order valence-corrected chi connectivity index (χ4v) is 2.69. The van der Waals surface area contributed by atoms with Gasteiger partial charge in [-0.1, -0.05) is 11.6 Å². The van der Waals surface area contributed by atoms with Gasteiger partial charge in [0.05, 0.1) is 17.4 Å². The average molecular weight is 259 g/mol. The van der Waals surface area contributed by atoms with E-state index in [1.807, 2.05) is 17.0 Å². The summed E-state index contributed by atoms with van der Waals surface area (Å²) >= 11 is 7.35. The quantitative estimate of drug-likeness (QED) is 0.820. The van der Waals surface area contributed by atoms with Crippen LogP contribution in [-0.4, -0.2) is 36.3 Å². The number of carbonyl (C=O) groups excluding carboxylic acids is 2. The Bertz CT molecular complexity index is 403. The molecule has 0 saturated carbocycles. The van der Waals surface area contributed by atoms with Gasteiger partial charge in [0, 0.05) is 11.4 Å². The maximum absolute atomic E-state index is 11.1. The Kier molecular flexibility index (Phi) is 3.58. The Labute approximate surface area is 102 Å². The Morgan fingerprint density at radius 2 is 2.00 bits per heavy atom. The molecule has 0 radical (unpaired) electrons. The van der Waals surface area contributed by atoms with Gasteiger partial charge in [0.25, 0.3) is 0 Å². The topological polar surface area (TPSA) is 49.4 Å². The van der Waals surface area contributed by atoms with Crippen LogP contribution in [0.25, 0.3) is 0 Å². The van der Waals surface area contributed by atoms with Gasteiger partial charge in [-0.3, -0.25) is 19.8 Å². The van der Waals surface area contributed by atoms with Crippen LogP contribution in [0.5, 0.6) is 0 Å². The number of nitrogens with one attached hydrogen (secondary N) is 1. The lowest BCUT2D eigenvalue weighted by atomic mass is 10.3. The first-order valence-electron chi connectivity index (χ1n) is 4.93. The van der Waals surface area contributed by atoms with E-state index in [1.165, 1.54) is 16.2 Å². The van der Waals surface area contributed by atoms with E-state index in [0.717, 1.165) is 10.8 Å². The normalized spacial score (nSPS) is 17.6. The molecule has 1 N–H and O–H groups in total. The lowest BCUT2D eigenvalue weighted by Crippen LogP contribution is -2.51. The van der Waals surface area contributed by atoms with Gasteiger partial charge in [-0.15, -0.1) is 11.3 Å². The van der Waals surface area contributed by atoms with E-state index in [2.05, 4.69) is 5.32 Å². The molecular weight excluding hydrogens is 248 g/mol. The van der Waals surface area contributed by atoms with Gasteiger partial charge in [-0.05, 0) is 18.6 Å². The molecule has 0 bridgehead atoms. The number of piperazine rings is 1. The van der Waals surface area contributed by atoms with E-state index in [1.54, 1.807) is 0 Å². The Morgan fingerprint density at radius 1 is 1.31 bits per heavy atom. The molecule has 1 fully saturated rings. The fraction of sp³-hybridized carbons (Fsp3) is 0.400. The summed E-state index contributed by atoms with van der Waals surface area (Å²) in [5, 5.41) is 2.27. The van der Waals surface area contributed by atoms with Gasteiger partial charge in [-0.2, -0.15) is 0 Å². The molecule has 0 spiro atoms. The second-order valence-corrected chi connectivity index (χ2v) is 5.44. The molecule has 1 aliphatic heterocycles. The lowest BCUT2D eigenvalue weighted by molar-refractivity contribution is -0.135. The third kappa shape index (κ3) is 3.04. The van der Waals surface area contributed by atoms with Crippen molar-refractivity contribution in [1.29, 1.82) is 0 Å². The maximum atomic E-state index is 11.1. The number of nitrogens with zero attached hydrogens (tertiary/aromatic N) is 1. The molecule has 4 nitrogen and oxygen atoms in total. The highest BCUT2D eigenvalue weighted by molar-refractivity contribution is 7.16. The number of halogens is 1. The third-order valence-electron chi connectivity index (χ3n) is 2.32. The summed E-state index contributed by atoms with van der Waals surface area (Å²) in [5.41, 5.74) is 0. The van der Waals surface area contributed by atoms with Gasteiger partial charge in [0.15, 0.2) is 0 Å². The third-order valence-corrected chi connectivity index (χ3v) is 3.61. The summed E-state index contributed by atoms with van der Waals surface area (Å²) in [4.78, 5) is 25.2. The van der Waals surface area contributed by atoms with Crippen LogP contribution >= 0.6 is 22.9 Å². The Balaban J connectivity index is 1.85. The van der Waals surface area contributed by atoms with Crippen molar-refractivity contribution in [3.05, 3.63) is 21.3 Å². The second-order valence-electron chi connectivity index (χ2n) is 3.64. The Hall–Kier alpha value is -0.910. The first-order valence-corrected chi connectivity index (χ1v) is 6.12. The van der Waals surface area contributed by atoms with Crippen molar-refractivity contribution in [1.82, 2.24) is 10.2 Å². The second kappa shape index (κ2) is 4.95. The molecule has 1 aliphatic rings. The van der Waals surface area contributed by atoms with Crippen molar-refractivity contribution in [2.75, 3.05) is 19.6 Å². The first-order chi connectivity index (χ1) is 7.63. The smallest absolute Gasteiger partial charge is 0.240 e. The van der Waals surface area contributed by atoms with Gasteiger partial charge in [0.2, 0.25) is 11.8 Å². The number of rotatable bonds is 3. The molecule has 6 heteroatoms. The van der Waals surface area contributed by atoms with Crippen molar-refractivity contribution in [2.24, 2.45) is 0 Å². The van der Waals surface area contributed by atoms with Gasteiger partial charge < -0.3 is 0 Å². The zero-order chi connectivity index (χ0) is 11.5. The fourth-order valence-electron chi connectivity index (χ4n) is 1.61. The molecule has 1 aromatic heterocycles. The van der Waals surface area contributed by atoms with E-state index in [4.69, 9.17) is 11.6 Å². The molecule has 16 heavy (non-hydrogen) atoms. The summed E-state index contributed by atoms with van der Waals surface area (Å²) in [5.74, 6) is -0.444. The molecule has 2 rings (SSSR count). The van der Waals surface area contributed by atoms with Crippen LogP contribution < -0.4 is 5.32 Å². The van der Waals surface area contributed by atoms with Crippen molar-refractivity contribution < 1.29 is 9.59 Å². The maximum Gasteiger partial charge on any atom is 0.240 e. The minimum Gasteiger partial charge on any atom is -0.294 e. The van der Waals surface area contributed by atoms with Crippen LogP contribution in [0.4, 0.5) is 0 Å². The molecule has 2 heterocycles. The van der Waals surface area contributed by atoms with Crippen molar-refractivity contribution in [2.45, 2.75) is 6.42 Å². The van der Waals surface area contributed by atoms with Crippen molar-refractivity contribution in [3.63, 3.8) is 0 Å². The average Bonchev–Trinajstić information content (AvgIpc) is 2.60. The number of amides is 2. The highest BCUT2D eigenvalue weighted by Crippen LogP contribution is 2.21. The van der Waals surface area contributed by atoms with Crippen LogP contribution in [-0.2, 0) is 16.0 Å². The van der Waals surface area contributed by atoms with E-state index in [9.17, 15) is 9.59 Å². The highest BCUT2D eigenvalue weighted by atomic mass is 35.5. The SMILES string of the molecule is O=C1CN(CCc2ccc(Cl)s2)CC(=O)N1. The lowest BCUT2D eigenvalue weighted by Gasteiger charge is -2.24. The largest absolute Gasteiger partial charge is 0.294 e. The molecule has 1 aromatic rings. The van der Waals surface area contributed by atoms with E-state index in [0.29, 0.717) is 19.6 Å². The first kappa shape index (κ1) is 11.6. The van der Waals surface area contributed by atoms with Gasteiger partial charge >= 0.3 is 0 Å².